The lowest BCUT2D eigenvalue weighted by Gasteiger charge is -2.27. The third-order valence-electron chi connectivity index (χ3n) is 6.22. The number of benzene rings is 2. The number of amides is 2. The molecule has 37 heavy (non-hydrogen) atoms. The van der Waals surface area contributed by atoms with E-state index in [0.29, 0.717) is 37.8 Å². The lowest BCUT2D eigenvalue weighted by Crippen LogP contribution is -2.43. The molecule has 0 unspecified atom stereocenters. The van der Waals surface area contributed by atoms with Crippen LogP contribution < -0.4 is 15.4 Å². The fourth-order valence-corrected chi connectivity index (χ4v) is 4.26. The number of fused-ring (bicyclic) bond motifs is 2. The van der Waals surface area contributed by atoms with Crippen LogP contribution in [0.3, 0.4) is 0 Å². The van der Waals surface area contributed by atoms with Crippen molar-refractivity contribution in [3.8, 4) is 11.5 Å². The van der Waals surface area contributed by atoms with Gasteiger partial charge in [0.1, 0.15) is 29.3 Å². The van der Waals surface area contributed by atoms with Gasteiger partial charge in [-0.2, -0.15) is 0 Å². The van der Waals surface area contributed by atoms with Gasteiger partial charge in [-0.05, 0) is 55.0 Å². The first-order valence-electron chi connectivity index (χ1n) is 12.0. The number of morpholine rings is 1. The van der Waals surface area contributed by atoms with E-state index in [-0.39, 0.29) is 6.03 Å². The smallest absolute Gasteiger partial charge is 0.321 e. The summed E-state index contributed by atoms with van der Waals surface area (Å²) < 4.78 is 13.4. The molecule has 1 aliphatic heterocycles. The molecule has 0 atom stereocenters. The Labute approximate surface area is 212 Å². The summed E-state index contributed by atoms with van der Waals surface area (Å²) in [6.45, 7) is 4.25. The summed E-state index contributed by atoms with van der Waals surface area (Å²) in [6, 6.07) is 15.1. The van der Waals surface area contributed by atoms with Crippen molar-refractivity contribution in [2.45, 2.75) is 6.92 Å². The van der Waals surface area contributed by atoms with Gasteiger partial charge in [-0.1, -0.05) is 0 Å². The second kappa shape index (κ2) is 9.75. The highest BCUT2D eigenvalue weighted by molar-refractivity contribution is 5.96. The maximum absolute atomic E-state index is 12.6. The van der Waals surface area contributed by atoms with Gasteiger partial charge in [0, 0.05) is 54.5 Å². The Hall–Kier alpha value is -4.70. The van der Waals surface area contributed by atoms with Crippen LogP contribution in [-0.4, -0.2) is 56.6 Å². The number of carbonyl (C=O) groups excluding carboxylic acids is 1. The first-order valence-corrected chi connectivity index (χ1v) is 12.0. The molecule has 1 saturated heterocycles. The van der Waals surface area contributed by atoms with E-state index in [2.05, 4.69) is 25.6 Å². The highest BCUT2D eigenvalue weighted by Gasteiger charge is 2.17. The summed E-state index contributed by atoms with van der Waals surface area (Å²) in [5.74, 6) is 2.11. The molecule has 5 aromatic rings. The molecule has 4 heterocycles. The molecule has 0 aliphatic carbocycles. The third kappa shape index (κ3) is 4.87. The molecule has 0 spiro atoms. The second-order valence-electron chi connectivity index (χ2n) is 8.75. The zero-order chi connectivity index (χ0) is 25.2. The predicted octanol–water partition coefficient (Wildman–Crippen LogP) is 4.99. The van der Waals surface area contributed by atoms with E-state index in [1.54, 1.807) is 11.1 Å². The second-order valence-corrected chi connectivity index (χ2v) is 8.75. The molecular formula is C27H25N7O3. The van der Waals surface area contributed by atoms with E-state index in [1.165, 1.54) is 6.33 Å². The number of pyridine rings is 1. The van der Waals surface area contributed by atoms with Crippen LogP contribution in [0.1, 0.15) is 5.56 Å². The zero-order valence-corrected chi connectivity index (χ0v) is 20.2. The van der Waals surface area contributed by atoms with Gasteiger partial charge in [-0.15, -0.1) is 0 Å². The van der Waals surface area contributed by atoms with Gasteiger partial charge in [0.15, 0.2) is 0 Å². The number of aromatic nitrogens is 4. The summed E-state index contributed by atoms with van der Waals surface area (Å²) in [6.07, 6.45) is 7.08. The molecule has 2 aromatic carbocycles. The number of nitrogens with one attached hydrogen (secondary N) is 2. The van der Waals surface area contributed by atoms with Crippen molar-refractivity contribution in [2.24, 2.45) is 0 Å². The number of hydrogen-bond donors (Lipinski definition) is 2. The predicted molar refractivity (Wildman–Crippen MR) is 141 cm³/mol. The van der Waals surface area contributed by atoms with Crippen molar-refractivity contribution in [3.05, 3.63) is 79.0 Å². The van der Waals surface area contributed by atoms with Crippen molar-refractivity contribution >= 4 is 39.8 Å². The minimum Gasteiger partial charge on any atom is -0.457 e. The molecule has 1 fully saturated rings. The standard InChI is InChI=1S/C27H25N7O3/c1-18-14-19(3-5-24(18)37-21-6-8-33-9-7-28-25(33)16-21)31-26-22-15-20(2-4-23(22)29-17-30-26)32-27(35)34-10-12-36-13-11-34/h2-9,14-17H,10-13H2,1H3,(H,32,35)(H,29,30,31). The number of urea groups is 1. The van der Waals surface area contributed by atoms with Crippen LogP contribution in [0.4, 0.5) is 22.0 Å². The Morgan fingerprint density at radius 3 is 2.70 bits per heavy atom. The molecule has 10 heteroatoms. The Balaban J connectivity index is 1.21. The number of nitrogens with zero attached hydrogens (tertiary/aromatic N) is 5. The molecule has 0 radical (unpaired) electrons. The van der Waals surface area contributed by atoms with Gasteiger partial charge in [0.25, 0.3) is 0 Å². The Morgan fingerprint density at radius 2 is 1.84 bits per heavy atom. The van der Waals surface area contributed by atoms with E-state index in [0.717, 1.165) is 39.3 Å². The quantitative estimate of drug-likeness (QED) is 0.354. The minimum absolute atomic E-state index is 0.146. The van der Waals surface area contributed by atoms with Crippen LogP contribution in [-0.2, 0) is 4.74 Å². The third-order valence-corrected chi connectivity index (χ3v) is 6.22. The average molecular weight is 496 g/mol. The van der Waals surface area contributed by atoms with Gasteiger partial charge >= 0.3 is 6.03 Å². The number of rotatable bonds is 5. The van der Waals surface area contributed by atoms with Crippen LogP contribution in [0.25, 0.3) is 16.6 Å². The monoisotopic (exact) mass is 495 g/mol. The Morgan fingerprint density at radius 1 is 0.973 bits per heavy atom. The highest BCUT2D eigenvalue weighted by atomic mass is 16.5. The summed E-state index contributed by atoms with van der Waals surface area (Å²) in [5, 5.41) is 7.15. The maximum Gasteiger partial charge on any atom is 0.321 e. The Bertz CT molecular complexity index is 1590. The number of anilines is 3. The van der Waals surface area contributed by atoms with Crippen LogP contribution >= 0.6 is 0 Å². The van der Waals surface area contributed by atoms with E-state index in [1.807, 2.05) is 72.2 Å². The summed E-state index contributed by atoms with van der Waals surface area (Å²) in [5.41, 5.74) is 4.09. The number of ether oxygens (including phenoxy) is 2. The van der Waals surface area contributed by atoms with Crippen LogP contribution in [0, 0.1) is 6.92 Å². The maximum atomic E-state index is 12.6. The fraction of sp³-hybridized carbons (Fsp3) is 0.185. The molecule has 6 rings (SSSR count). The van der Waals surface area contributed by atoms with Crippen molar-refractivity contribution in [1.29, 1.82) is 0 Å². The van der Waals surface area contributed by atoms with Gasteiger partial charge in [-0.3, -0.25) is 0 Å². The largest absolute Gasteiger partial charge is 0.457 e. The molecule has 2 amide bonds. The van der Waals surface area contributed by atoms with E-state index < -0.39 is 0 Å². The van der Waals surface area contributed by atoms with Gasteiger partial charge in [-0.25, -0.2) is 19.7 Å². The summed E-state index contributed by atoms with van der Waals surface area (Å²) in [4.78, 5) is 27.5. The number of hydrogen-bond acceptors (Lipinski definition) is 7. The summed E-state index contributed by atoms with van der Waals surface area (Å²) in [7, 11) is 0. The first kappa shape index (κ1) is 22.7. The molecule has 1 aliphatic rings. The lowest BCUT2D eigenvalue weighted by atomic mass is 10.1. The molecule has 186 valence electrons. The molecule has 0 bridgehead atoms. The van der Waals surface area contributed by atoms with E-state index in [9.17, 15) is 4.79 Å². The first-order chi connectivity index (χ1) is 18.1. The lowest BCUT2D eigenvalue weighted by molar-refractivity contribution is 0.0564. The SMILES string of the molecule is Cc1cc(Nc2ncnc3ccc(NC(=O)N4CCOCC4)cc23)ccc1Oc1ccn2ccnc2c1. The number of carbonyl (C=O) groups is 1. The normalized spacial score (nSPS) is 13.6. The molecule has 2 N–H and O–H groups in total. The van der Waals surface area contributed by atoms with Crippen molar-refractivity contribution in [2.75, 3.05) is 36.9 Å². The van der Waals surface area contributed by atoms with Crippen molar-refractivity contribution in [1.82, 2.24) is 24.3 Å². The van der Waals surface area contributed by atoms with Crippen LogP contribution in [0.2, 0.25) is 0 Å². The fourth-order valence-electron chi connectivity index (χ4n) is 4.26. The number of aryl methyl sites for hydroxylation is 1. The highest BCUT2D eigenvalue weighted by Crippen LogP contribution is 2.31. The molecule has 0 saturated carbocycles. The van der Waals surface area contributed by atoms with E-state index in [4.69, 9.17) is 9.47 Å². The van der Waals surface area contributed by atoms with Crippen molar-refractivity contribution < 1.29 is 14.3 Å². The minimum atomic E-state index is -0.146. The van der Waals surface area contributed by atoms with Gasteiger partial charge in [0.05, 0.1) is 18.7 Å². The van der Waals surface area contributed by atoms with E-state index >= 15 is 0 Å². The molecule has 3 aromatic heterocycles. The summed E-state index contributed by atoms with van der Waals surface area (Å²) >= 11 is 0. The topological polar surface area (TPSA) is 106 Å². The molecular weight excluding hydrogens is 470 g/mol. The van der Waals surface area contributed by atoms with Gasteiger partial charge < -0.3 is 29.4 Å². The van der Waals surface area contributed by atoms with Crippen LogP contribution in [0.15, 0.2) is 73.4 Å². The van der Waals surface area contributed by atoms with Crippen molar-refractivity contribution in [3.63, 3.8) is 0 Å². The number of imidazole rings is 1. The average Bonchev–Trinajstić information content (AvgIpc) is 3.39. The molecule has 10 nitrogen and oxygen atoms in total. The zero-order valence-electron chi connectivity index (χ0n) is 20.2. The van der Waals surface area contributed by atoms with Crippen LogP contribution in [0.5, 0.6) is 11.5 Å². The van der Waals surface area contributed by atoms with Gasteiger partial charge in [0.2, 0.25) is 0 Å². The Kier molecular flexibility index (Phi) is 5.99.